The van der Waals surface area contributed by atoms with Gasteiger partial charge in [-0.3, -0.25) is 0 Å². The average Bonchev–Trinajstić information content (AvgIpc) is 2.30. The van der Waals surface area contributed by atoms with Gasteiger partial charge in [0, 0.05) is 11.1 Å². The predicted octanol–water partition coefficient (Wildman–Crippen LogP) is 4.32. The Morgan fingerprint density at radius 2 is 1.00 bits per heavy atom. The van der Waals surface area contributed by atoms with Gasteiger partial charge in [-0.25, -0.2) is 0 Å². The van der Waals surface area contributed by atoms with Crippen LogP contribution in [0.25, 0.3) is 0 Å². The molecule has 2 aromatic rings. The maximum atomic E-state index is 3.27. The zero-order valence-electron chi connectivity index (χ0n) is 11.5. The molecule has 0 bridgehead atoms. The Morgan fingerprint density at radius 1 is 0.611 bits per heavy atom. The van der Waals surface area contributed by atoms with Crippen LogP contribution in [0.3, 0.4) is 0 Å². The first-order valence-electron chi connectivity index (χ1n) is 6.23. The van der Waals surface area contributed by atoms with Crippen LogP contribution in [-0.4, -0.2) is 0 Å². The number of benzene rings is 2. The van der Waals surface area contributed by atoms with E-state index >= 15 is 0 Å². The first-order chi connectivity index (χ1) is 8.56. The van der Waals surface area contributed by atoms with E-state index in [2.05, 4.69) is 75.9 Å². The Balaban J connectivity index is 2.37. The molecule has 90 valence electrons. The third kappa shape index (κ3) is 2.81. The lowest BCUT2D eigenvalue weighted by molar-refractivity contribution is 1.35. The quantitative estimate of drug-likeness (QED) is 0.595. The number of hydrogen-bond donors (Lipinski definition) is 0. The van der Waals surface area contributed by atoms with Gasteiger partial charge < -0.3 is 0 Å². The minimum Gasteiger partial charge on any atom is -0.0614 e. The second-order valence-corrected chi connectivity index (χ2v) is 4.89. The van der Waals surface area contributed by atoms with Gasteiger partial charge in [-0.15, -0.1) is 0 Å². The van der Waals surface area contributed by atoms with Crippen LogP contribution in [0.4, 0.5) is 0 Å². The van der Waals surface area contributed by atoms with E-state index in [0.29, 0.717) is 0 Å². The molecule has 2 rings (SSSR count). The smallest absolute Gasteiger partial charge is 0.0278 e. The first-order valence-corrected chi connectivity index (χ1v) is 6.23. The van der Waals surface area contributed by atoms with Crippen LogP contribution in [0.5, 0.6) is 0 Å². The fraction of sp³-hybridized carbons (Fsp3) is 0.222. The molecule has 0 fully saturated rings. The average molecular weight is 234 g/mol. The van der Waals surface area contributed by atoms with Crippen molar-refractivity contribution in [3.05, 3.63) is 69.8 Å². The SMILES string of the molecule is Cc1ccc(C#Cc2ccc(C)cc2C)c(C)c1. The monoisotopic (exact) mass is 234 g/mol. The van der Waals surface area contributed by atoms with Crippen LogP contribution in [0, 0.1) is 39.5 Å². The number of hydrogen-bond acceptors (Lipinski definition) is 0. The van der Waals surface area contributed by atoms with Crippen LogP contribution in [0.15, 0.2) is 36.4 Å². The molecule has 0 heteroatoms. The summed E-state index contributed by atoms with van der Waals surface area (Å²) in [6, 6.07) is 12.8. The minimum atomic E-state index is 1.11. The lowest BCUT2D eigenvalue weighted by Crippen LogP contribution is -1.86. The third-order valence-electron chi connectivity index (χ3n) is 3.10. The Hall–Kier alpha value is -2.00. The van der Waals surface area contributed by atoms with Crippen molar-refractivity contribution in [3.63, 3.8) is 0 Å². The molecule has 0 aromatic heterocycles. The molecule has 0 aliphatic rings. The summed E-state index contributed by atoms with van der Waals surface area (Å²) in [5.41, 5.74) is 7.27. The maximum absolute atomic E-state index is 3.27. The Bertz CT molecular complexity index is 581. The van der Waals surface area contributed by atoms with Gasteiger partial charge in [0.25, 0.3) is 0 Å². The normalized spacial score (nSPS) is 9.78. The van der Waals surface area contributed by atoms with Crippen LogP contribution >= 0.6 is 0 Å². The topological polar surface area (TPSA) is 0 Å². The van der Waals surface area contributed by atoms with Crippen molar-refractivity contribution >= 4 is 0 Å². The molecular weight excluding hydrogens is 216 g/mol. The van der Waals surface area contributed by atoms with Crippen LogP contribution in [0.2, 0.25) is 0 Å². The lowest BCUT2D eigenvalue weighted by Gasteiger charge is -2.01. The van der Waals surface area contributed by atoms with Gasteiger partial charge in [0.05, 0.1) is 0 Å². The summed E-state index contributed by atoms with van der Waals surface area (Å²) in [6.45, 7) is 8.43. The Morgan fingerprint density at radius 3 is 1.33 bits per heavy atom. The molecule has 0 spiro atoms. The predicted molar refractivity (Wildman–Crippen MR) is 77.8 cm³/mol. The summed E-state index contributed by atoms with van der Waals surface area (Å²) < 4.78 is 0. The zero-order valence-corrected chi connectivity index (χ0v) is 11.5. The highest BCUT2D eigenvalue weighted by Gasteiger charge is 1.96. The second kappa shape index (κ2) is 5.10. The van der Waals surface area contributed by atoms with E-state index in [-0.39, 0.29) is 0 Å². The van der Waals surface area contributed by atoms with Gasteiger partial charge in [0.2, 0.25) is 0 Å². The molecule has 0 saturated carbocycles. The third-order valence-corrected chi connectivity index (χ3v) is 3.10. The zero-order chi connectivity index (χ0) is 13.1. The van der Waals surface area contributed by atoms with Gasteiger partial charge >= 0.3 is 0 Å². The molecule has 2 aromatic carbocycles. The molecule has 0 atom stereocenters. The van der Waals surface area contributed by atoms with E-state index in [9.17, 15) is 0 Å². The molecule has 0 nitrogen and oxygen atoms in total. The van der Waals surface area contributed by atoms with E-state index < -0.39 is 0 Å². The van der Waals surface area contributed by atoms with Crippen molar-refractivity contribution in [2.75, 3.05) is 0 Å². The van der Waals surface area contributed by atoms with Crippen molar-refractivity contribution in [1.29, 1.82) is 0 Å². The highest BCUT2D eigenvalue weighted by molar-refractivity contribution is 5.49. The lowest BCUT2D eigenvalue weighted by atomic mass is 10.0. The highest BCUT2D eigenvalue weighted by Crippen LogP contribution is 2.11. The second-order valence-electron chi connectivity index (χ2n) is 4.89. The molecule has 0 amide bonds. The number of aryl methyl sites for hydroxylation is 4. The van der Waals surface area contributed by atoms with Crippen molar-refractivity contribution in [2.24, 2.45) is 0 Å². The molecule has 0 radical (unpaired) electrons. The largest absolute Gasteiger partial charge is 0.0614 e. The first kappa shape index (κ1) is 12.5. The van der Waals surface area contributed by atoms with Gasteiger partial charge in [0.1, 0.15) is 0 Å². The summed E-state index contributed by atoms with van der Waals surface area (Å²) in [4.78, 5) is 0. The van der Waals surface area contributed by atoms with Crippen molar-refractivity contribution < 1.29 is 0 Å². The molecule has 18 heavy (non-hydrogen) atoms. The van der Waals surface area contributed by atoms with E-state index in [1.165, 1.54) is 22.3 Å². The molecule has 0 saturated heterocycles. The van der Waals surface area contributed by atoms with Crippen LogP contribution in [0.1, 0.15) is 33.4 Å². The summed E-state index contributed by atoms with van der Waals surface area (Å²) >= 11 is 0. The minimum absolute atomic E-state index is 1.11. The number of rotatable bonds is 0. The van der Waals surface area contributed by atoms with Crippen LogP contribution < -0.4 is 0 Å². The molecular formula is C18H18. The summed E-state index contributed by atoms with van der Waals surface area (Å²) in [7, 11) is 0. The van der Waals surface area contributed by atoms with E-state index in [0.717, 1.165) is 11.1 Å². The molecule has 0 unspecified atom stereocenters. The van der Waals surface area contributed by atoms with Gasteiger partial charge in [-0.1, -0.05) is 47.2 Å². The van der Waals surface area contributed by atoms with Gasteiger partial charge in [-0.05, 0) is 51.0 Å². The summed E-state index contributed by atoms with van der Waals surface area (Å²) in [5.74, 6) is 6.53. The standard InChI is InChI=1S/C18H18/c1-13-5-7-17(15(3)11-13)9-10-18-8-6-14(2)12-16(18)4/h5-8,11-12H,1-4H3. The maximum Gasteiger partial charge on any atom is 0.0278 e. The molecule has 0 heterocycles. The van der Waals surface area contributed by atoms with Crippen molar-refractivity contribution in [1.82, 2.24) is 0 Å². The van der Waals surface area contributed by atoms with Crippen LogP contribution in [-0.2, 0) is 0 Å². The van der Waals surface area contributed by atoms with E-state index in [4.69, 9.17) is 0 Å². The van der Waals surface area contributed by atoms with Gasteiger partial charge in [-0.2, -0.15) is 0 Å². The summed E-state index contributed by atoms with van der Waals surface area (Å²) in [6.07, 6.45) is 0. The highest BCUT2D eigenvalue weighted by atomic mass is 14.0. The van der Waals surface area contributed by atoms with Gasteiger partial charge in [0.15, 0.2) is 0 Å². The molecule has 0 aliphatic heterocycles. The Labute approximate surface area is 110 Å². The van der Waals surface area contributed by atoms with Crippen molar-refractivity contribution in [3.8, 4) is 11.8 Å². The molecule has 0 N–H and O–H groups in total. The fourth-order valence-corrected chi connectivity index (χ4v) is 2.04. The summed E-state index contributed by atoms with van der Waals surface area (Å²) in [5, 5.41) is 0. The Kier molecular flexibility index (Phi) is 3.53. The molecule has 0 aliphatic carbocycles. The van der Waals surface area contributed by atoms with E-state index in [1.807, 2.05) is 0 Å². The fourth-order valence-electron chi connectivity index (χ4n) is 2.04. The van der Waals surface area contributed by atoms with E-state index in [1.54, 1.807) is 0 Å². The van der Waals surface area contributed by atoms with Crippen molar-refractivity contribution in [2.45, 2.75) is 27.7 Å².